The first-order chi connectivity index (χ1) is 17.3. The molecule has 3 rings (SSSR count). The lowest BCUT2D eigenvalue weighted by Gasteiger charge is -2.27. The van der Waals surface area contributed by atoms with Gasteiger partial charge in [-0.1, -0.05) is 41.5 Å². The third-order valence-corrected chi connectivity index (χ3v) is 6.10. The van der Waals surface area contributed by atoms with Crippen molar-refractivity contribution >= 4 is 22.7 Å². The topological polar surface area (TPSA) is 84.2 Å². The van der Waals surface area contributed by atoms with Crippen LogP contribution >= 0.6 is 0 Å². The van der Waals surface area contributed by atoms with Crippen LogP contribution in [-0.4, -0.2) is 40.0 Å². The number of Topliss-reactive ketones (excluding diaryl/α,β-unsaturated/α-hetero) is 2. The van der Waals surface area contributed by atoms with Crippen molar-refractivity contribution in [2.45, 2.75) is 41.5 Å². The predicted molar refractivity (Wildman–Crippen MR) is 142 cm³/mol. The number of hydrogen-bond donors (Lipinski definition) is 0. The first kappa shape index (κ1) is 27.8. The maximum absolute atomic E-state index is 12.6. The molecule has 37 heavy (non-hydrogen) atoms. The Balaban J connectivity index is 2.29. The molecule has 0 bridgehead atoms. The van der Waals surface area contributed by atoms with Crippen LogP contribution in [0.3, 0.4) is 0 Å². The molecule has 0 saturated heterocycles. The van der Waals surface area contributed by atoms with Crippen molar-refractivity contribution < 1.29 is 33.0 Å². The van der Waals surface area contributed by atoms with Crippen LogP contribution < -0.4 is 0 Å². The van der Waals surface area contributed by atoms with Crippen molar-refractivity contribution in [2.24, 2.45) is 10.8 Å². The highest BCUT2D eigenvalue weighted by atomic mass is 16.5. The minimum atomic E-state index is -0.353. The molecule has 1 aromatic heterocycles. The fourth-order valence-electron chi connectivity index (χ4n) is 4.54. The maximum Gasteiger partial charge on any atom is 0.261 e. The molecular formula is C30H36O7. The highest BCUT2D eigenvalue weighted by Crippen LogP contribution is 2.44. The molecule has 0 atom stereocenters. The standard InChI is InChI=1S/C30H36O7/c1-29(2,3)25(17-13-21(33-7)27(31)22(14-17)34-8)19-11-12-20(37-19)26(30(4,5)6)18-15-23(35-9)28(32)24(16-18)36-10/h11-16H,1-10H3. The smallest absolute Gasteiger partial charge is 0.261 e. The summed E-state index contributed by atoms with van der Waals surface area (Å²) in [5, 5.41) is 0. The number of methoxy groups -OCH3 is 4. The van der Waals surface area contributed by atoms with Gasteiger partial charge in [0.2, 0.25) is 0 Å². The summed E-state index contributed by atoms with van der Waals surface area (Å²) >= 11 is 0. The van der Waals surface area contributed by atoms with Gasteiger partial charge in [-0.3, -0.25) is 9.59 Å². The maximum atomic E-state index is 12.6. The van der Waals surface area contributed by atoms with Crippen molar-refractivity contribution in [3.63, 3.8) is 0 Å². The lowest BCUT2D eigenvalue weighted by Crippen LogP contribution is -2.17. The quantitative estimate of drug-likeness (QED) is 0.455. The highest BCUT2D eigenvalue weighted by Gasteiger charge is 2.32. The van der Waals surface area contributed by atoms with Crippen molar-refractivity contribution in [1.29, 1.82) is 0 Å². The molecule has 0 amide bonds. The Hall–Kier alpha value is -3.74. The third-order valence-electron chi connectivity index (χ3n) is 6.10. The minimum Gasteiger partial charge on any atom is -0.492 e. The lowest BCUT2D eigenvalue weighted by atomic mass is 9.80. The van der Waals surface area contributed by atoms with Crippen LogP contribution in [-0.2, 0) is 28.5 Å². The van der Waals surface area contributed by atoms with Crippen LogP contribution in [0.15, 0.2) is 75.0 Å². The van der Waals surface area contributed by atoms with E-state index >= 15 is 0 Å². The summed E-state index contributed by atoms with van der Waals surface area (Å²) in [6.45, 7) is 12.5. The molecule has 0 spiro atoms. The molecule has 7 nitrogen and oxygen atoms in total. The largest absolute Gasteiger partial charge is 0.492 e. The average molecular weight is 509 g/mol. The van der Waals surface area contributed by atoms with Gasteiger partial charge in [0.15, 0.2) is 23.0 Å². The fraction of sp³-hybridized carbons (Fsp3) is 0.400. The number of hydrogen-bond acceptors (Lipinski definition) is 7. The number of furan rings is 1. The molecule has 2 aliphatic rings. The molecule has 0 aromatic carbocycles. The SMILES string of the molecule is COC1=CC(=C(c2ccc(C(=C3C=C(OC)C(=O)C(OC)=C3)C(C)(C)C)o2)C(C)(C)C)C=C(OC)C1=O. The number of rotatable bonds is 6. The second-order valence-electron chi connectivity index (χ2n) is 10.8. The van der Waals surface area contributed by atoms with E-state index in [-0.39, 0.29) is 45.4 Å². The van der Waals surface area contributed by atoms with E-state index in [9.17, 15) is 9.59 Å². The number of carbonyl (C=O) groups is 2. The minimum absolute atomic E-state index is 0.196. The molecule has 0 unspecified atom stereocenters. The first-order valence-electron chi connectivity index (χ1n) is 12.0. The van der Waals surface area contributed by atoms with Gasteiger partial charge in [-0.05, 0) is 58.4 Å². The zero-order valence-corrected chi connectivity index (χ0v) is 23.3. The Morgan fingerprint density at radius 3 is 1.05 bits per heavy atom. The Labute approximate surface area is 218 Å². The van der Waals surface area contributed by atoms with Crippen molar-refractivity contribution in [3.05, 3.63) is 82.1 Å². The van der Waals surface area contributed by atoms with E-state index in [1.807, 2.05) is 12.1 Å². The summed E-state index contributed by atoms with van der Waals surface area (Å²) in [5.41, 5.74) is 2.58. The van der Waals surface area contributed by atoms with Gasteiger partial charge in [0.25, 0.3) is 11.6 Å². The van der Waals surface area contributed by atoms with Gasteiger partial charge in [0, 0.05) is 11.1 Å². The third kappa shape index (κ3) is 5.50. The molecule has 7 heteroatoms. The molecule has 0 fully saturated rings. The molecule has 0 N–H and O–H groups in total. The Bertz CT molecular complexity index is 1140. The first-order valence-corrected chi connectivity index (χ1v) is 12.0. The van der Waals surface area contributed by atoms with Gasteiger partial charge in [-0.15, -0.1) is 0 Å². The summed E-state index contributed by atoms with van der Waals surface area (Å²) in [7, 11) is 5.84. The average Bonchev–Trinajstić information content (AvgIpc) is 3.27. The summed E-state index contributed by atoms with van der Waals surface area (Å²) in [6.07, 6.45) is 6.85. The lowest BCUT2D eigenvalue weighted by molar-refractivity contribution is -0.118. The van der Waals surface area contributed by atoms with E-state index in [4.69, 9.17) is 23.4 Å². The van der Waals surface area contributed by atoms with Gasteiger partial charge in [-0.2, -0.15) is 0 Å². The van der Waals surface area contributed by atoms with E-state index in [0.29, 0.717) is 11.5 Å². The zero-order valence-electron chi connectivity index (χ0n) is 23.3. The van der Waals surface area contributed by atoms with Crippen LogP contribution in [0.2, 0.25) is 0 Å². The van der Waals surface area contributed by atoms with Gasteiger partial charge in [-0.25, -0.2) is 0 Å². The zero-order chi connectivity index (χ0) is 27.7. The van der Waals surface area contributed by atoms with Crippen LogP contribution in [0.4, 0.5) is 0 Å². The van der Waals surface area contributed by atoms with Crippen LogP contribution in [0.25, 0.3) is 11.1 Å². The van der Waals surface area contributed by atoms with Crippen molar-refractivity contribution in [1.82, 2.24) is 0 Å². The van der Waals surface area contributed by atoms with Gasteiger partial charge >= 0.3 is 0 Å². The fourth-order valence-corrected chi connectivity index (χ4v) is 4.54. The summed E-state index contributed by atoms with van der Waals surface area (Å²) in [5.74, 6) is 1.45. The monoisotopic (exact) mass is 508 g/mol. The second-order valence-corrected chi connectivity index (χ2v) is 10.8. The Morgan fingerprint density at radius 1 is 0.568 bits per heavy atom. The number of ether oxygens (including phenoxy) is 4. The van der Waals surface area contributed by atoms with E-state index in [1.165, 1.54) is 28.4 Å². The molecule has 0 saturated carbocycles. The normalized spacial score (nSPS) is 16.5. The van der Waals surface area contributed by atoms with E-state index in [1.54, 1.807) is 24.3 Å². The van der Waals surface area contributed by atoms with Crippen LogP contribution in [0, 0.1) is 10.8 Å². The van der Waals surface area contributed by atoms with E-state index < -0.39 is 0 Å². The number of ketones is 2. The predicted octanol–water partition coefficient (Wildman–Crippen LogP) is 6.17. The van der Waals surface area contributed by atoms with Gasteiger partial charge in [0.05, 0.1) is 28.4 Å². The number of allylic oxidation sites excluding steroid dienone is 8. The molecule has 0 radical (unpaired) electrons. The summed E-state index contributed by atoms with van der Waals surface area (Å²) in [6, 6.07) is 3.84. The molecule has 1 aromatic rings. The Kier molecular flexibility index (Phi) is 7.77. The van der Waals surface area contributed by atoms with Gasteiger partial charge in [0.1, 0.15) is 11.5 Å². The van der Waals surface area contributed by atoms with Crippen LogP contribution in [0.1, 0.15) is 53.1 Å². The van der Waals surface area contributed by atoms with Crippen molar-refractivity contribution in [2.75, 3.05) is 28.4 Å². The summed E-state index contributed by atoms with van der Waals surface area (Å²) in [4.78, 5) is 25.1. The number of carbonyl (C=O) groups excluding carboxylic acids is 2. The molecular weight excluding hydrogens is 472 g/mol. The van der Waals surface area contributed by atoms with Gasteiger partial charge < -0.3 is 23.4 Å². The Morgan fingerprint density at radius 2 is 0.838 bits per heavy atom. The highest BCUT2D eigenvalue weighted by molar-refractivity contribution is 6.09. The van der Waals surface area contributed by atoms with E-state index in [2.05, 4.69) is 41.5 Å². The molecule has 198 valence electrons. The second kappa shape index (κ2) is 10.3. The van der Waals surface area contributed by atoms with Crippen LogP contribution in [0.5, 0.6) is 0 Å². The molecule has 1 heterocycles. The molecule has 2 aliphatic carbocycles. The van der Waals surface area contributed by atoms with E-state index in [0.717, 1.165) is 22.3 Å². The van der Waals surface area contributed by atoms with Crippen molar-refractivity contribution in [3.8, 4) is 0 Å². The summed E-state index contributed by atoms with van der Waals surface area (Å²) < 4.78 is 27.9. The molecule has 0 aliphatic heterocycles.